The van der Waals surface area contributed by atoms with Crippen LogP contribution in [0.2, 0.25) is 0 Å². The molecule has 0 spiro atoms. The quantitative estimate of drug-likeness (QED) is 0.385. The van der Waals surface area contributed by atoms with E-state index in [9.17, 15) is 9.59 Å². The second-order valence-electron chi connectivity index (χ2n) is 8.28. The van der Waals surface area contributed by atoms with Gasteiger partial charge >= 0.3 is 0 Å². The molecule has 7 nitrogen and oxygen atoms in total. The van der Waals surface area contributed by atoms with Crippen LogP contribution in [0.15, 0.2) is 30.0 Å². The summed E-state index contributed by atoms with van der Waals surface area (Å²) in [6, 6.07) is 7.40. The molecule has 0 atom stereocenters. The number of hydrogen-bond acceptors (Lipinski definition) is 6. The summed E-state index contributed by atoms with van der Waals surface area (Å²) in [5.74, 6) is 0.352. The fourth-order valence-electron chi connectivity index (χ4n) is 4.56. The van der Waals surface area contributed by atoms with E-state index in [0.717, 1.165) is 49.8 Å². The molecule has 2 amide bonds. The molecule has 1 aliphatic heterocycles. The number of nitrogens with zero attached hydrogens (tertiary/aromatic N) is 2. The zero-order chi connectivity index (χ0) is 22.9. The van der Waals surface area contributed by atoms with Gasteiger partial charge in [-0.15, -0.1) is 0 Å². The second-order valence-corrected chi connectivity index (χ2v) is 8.28. The van der Waals surface area contributed by atoms with E-state index in [1.165, 1.54) is 4.90 Å². The number of hydrogen-bond donors (Lipinski definition) is 0. The molecule has 1 heterocycles. The van der Waals surface area contributed by atoms with Crippen molar-refractivity contribution in [1.82, 2.24) is 9.80 Å². The first-order chi connectivity index (χ1) is 15.6. The molecule has 1 aromatic rings. The minimum absolute atomic E-state index is 0.0422. The summed E-state index contributed by atoms with van der Waals surface area (Å²) in [7, 11) is 3.27. The van der Waals surface area contributed by atoms with E-state index in [0.29, 0.717) is 44.2 Å². The molecular weight excluding hydrogens is 408 g/mol. The lowest BCUT2D eigenvalue weighted by molar-refractivity contribution is -0.140. The highest BCUT2D eigenvalue weighted by Crippen LogP contribution is 2.36. The van der Waals surface area contributed by atoms with Crippen LogP contribution in [-0.2, 0) is 19.1 Å². The summed E-state index contributed by atoms with van der Waals surface area (Å²) in [5, 5.41) is 0. The minimum atomic E-state index is -0.196. The van der Waals surface area contributed by atoms with Crippen molar-refractivity contribution in [3.63, 3.8) is 0 Å². The van der Waals surface area contributed by atoms with E-state index < -0.39 is 0 Å². The SMILES string of the molecule is CCOc1ccc(C2=C(N(CCOC)CCOC)C(=O)N(C3CCCCCC3)C2=O)cc1. The largest absolute Gasteiger partial charge is 0.494 e. The van der Waals surface area contributed by atoms with E-state index in [-0.39, 0.29) is 17.9 Å². The number of methoxy groups -OCH3 is 2. The van der Waals surface area contributed by atoms with Gasteiger partial charge in [0.2, 0.25) is 0 Å². The molecule has 0 unspecified atom stereocenters. The highest BCUT2D eigenvalue weighted by Gasteiger charge is 2.44. The Labute approximate surface area is 191 Å². The zero-order valence-corrected chi connectivity index (χ0v) is 19.6. The van der Waals surface area contributed by atoms with Crippen molar-refractivity contribution < 1.29 is 23.8 Å². The molecule has 1 saturated carbocycles. The van der Waals surface area contributed by atoms with Crippen LogP contribution in [0.1, 0.15) is 51.0 Å². The Hall–Kier alpha value is -2.38. The number of carbonyl (C=O) groups excluding carboxylic acids is 2. The molecule has 0 aromatic heterocycles. The molecular formula is C25H36N2O5. The molecule has 0 N–H and O–H groups in total. The molecule has 1 fully saturated rings. The average molecular weight is 445 g/mol. The van der Waals surface area contributed by atoms with Gasteiger partial charge in [-0.2, -0.15) is 0 Å². The fraction of sp³-hybridized carbons (Fsp3) is 0.600. The standard InChI is InChI=1S/C25H36N2O5/c1-4-32-21-13-11-19(12-14-21)22-23(26(15-17-30-2)16-18-31-3)25(29)27(24(22)28)20-9-7-5-6-8-10-20/h11-14,20H,4-10,15-18H2,1-3H3. The molecule has 3 rings (SSSR count). The highest BCUT2D eigenvalue weighted by molar-refractivity contribution is 6.35. The number of rotatable bonds is 11. The van der Waals surface area contributed by atoms with E-state index >= 15 is 0 Å². The molecule has 1 aromatic carbocycles. The third-order valence-corrected chi connectivity index (χ3v) is 6.18. The Bertz CT molecular complexity index is 789. The summed E-state index contributed by atoms with van der Waals surface area (Å²) in [6.07, 6.45) is 6.16. The summed E-state index contributed by atoms with van der Waals surface area (Å²) >= 11 is 0. The van der Waals surface area contributed by atoms with Crippen molar-refractivity contribution in [2.45, 2.75) is 51.5 Å². The fourth-order valence-corrected chi connectivity index (χ4v) is 4.56. The maximum Gasteiger partial charge on any atom is 0.278 e. The molecule has 0 radical (unpaired) electrons. The molecule has 1 aliphatic carbocycles. The van der Waals surface area contributed by atoms with Crippen molar-refractivity contribution >= 4 is 17.4 Å². The van der Waals surface area contributed by atoms with Crippen LogP contribution in [0.3, 0.4) is 0 Å². The van der Waals surface area contributed by atoms with Crippen molar-refractivity contribution in [3.8, 4) is 5.75 Å². The van der Waals surface area contributed by atoms with Crippen LogP contribution in [-0.4, -0.2) is 74.8 Å². The first-order valence-corrected chi connectivity index (χ1v) is 11.7. The van der Waals surface area contributed by atoms with Crippen LogP contribution in [0.5, 0.6) is 5.75 Å². The number of amides is 2. The van der Waals surface area contributed by atoms with Gasteiger partial charge in [0.1, 0.15) is 11.4 Å². The molecule has 176 valence electrons. The Kier molecular flexibility index (Phi) is 9.11. The summed E-state index contributed by atoms with van der Waals surface area (Å²) in [4.78, 5) is 30.9. The summed E-state index contributed by atoms with van der Waals surface area (Å²) < 4.78 is 16.1. The van der Waals surface area contributed by atoms with Gasteiger partial charge in [-0.05, 0) is 37.5 Å². The van der Waals surface area contributed by atoms with Crippen molar-refractivity contribution in [2.24, 2.45) is 0 Å². The van der Waals surface area contributed by atoms with E-state index in [1.807, 2.05) is 36.1 Å². The van der Waals surface area contributed by atoms with Gasteiger partial charge < -0.3 is 19.1 Å². The molecule has 2 aliphatic rings. The van der Waals surface area contributed by atoms with Gasteiger partial charge in [0.25, 0.3) is 11.8 Å². The molecule has 0 saturated heterocycles. The number of imide groups is 1. The lowest BCUT2D eigenvalue weighted by Gasteiger charge is -2.28. The van der Waals surface area contributed by atoms with Gasteiger partial charge in [-0.25, -0.2) is 0 Å². The third-order valence-electron chi connectivity index (χ3n) is 6.18. The van der Waals surface area contributed by atoms with Crippen LogP contribution in [0, 0.1) is 0 Å². The summed E-state index contributed by atoms with van der Waals surface area (Å²) in [6.45, 7) is 4.42. The molecule has 0 bridgehead atoms. The van der Waals surface area contributed by atoms with Crippen LogP contribution >= 0.6 is 0 Å². The predicted molar refractivity (Wildman–Crippen MR) is 123 cm³/mol. The zero-order valence-electron chi connectivity index (χ0n) is 19.6. The second kappa shape index (κ2) is 12.0. The maximum atomic E-state index is 13.7. The van der Waals surface area contributed by atoms with Gasteiger partial charge in [-0.1, -0.05) is 37.8 Å². The van der Waals surface area contributed by atoms with Crippen LogP contribution in [0.4, 0.5) is 0 Å². The van der Waals surface area contributed by atoms with Crippen molar-refractivity contribution in [1.29, 1.82) is 0 Å². The van der Waals surface area contributed by atoms with Gasteiger partial charge in [0.15, 0.2) is 0 Å². The number of ether oxygens (including phenoxy) is 3. The van der Waals surface area contributed by atoms with Gasteiger partial charge in [0, 0.05) is 33.4 Å². The monoisotopic (exact) mass is 444 g/mol. The first-order valence-electron chi connectivity index (χ1n) is 11.7. The van der Waals surface area contributed by atoms with Crippen molar-refractivity contribution in [2.75, 3.05) is 47.1 Å². The summed E-state index contributed by atoms with van der Waals surface area (Å²) in [5.41, 5.74) is 1.66. The predicted octanol–water partition coefficient (Wildman–Crippen LogP) is 3.48. The van der Waals surface area contributed by atoms with Crippen molar-refractivity contribution in [3.05, 3.63) is 35.5 Å². The molecule has 32 heavy (non-hydrogen) atoms. The Morgan fingerprint density at radius 1 is 0.906 bits per heavy atom. The van der Waals surface area contributed by atoms with Crippen LogP contribution < -0.4 is 4.74 Å². The van der Waals surface area contributed by atoms with E-state index in [2.05, 4.69) is 0 Å². The average Bonchev–Trinajstić information content (AvgIpc) is 2.96. The normalized spacial score (nSPS) is 17.8. The van der Waals surface area contributed by atoms with E-state index in [1.54, 1.807) is 14.2 Å². The number of carbonyl (C=O) groups is 2. The number of benzene rings is 1. The van der Waals surface area contributed by atoms with E-state index in [4.69, 9.17) is 14.2 Å². The van der Waals surface area contributed by atoms with Crippen LogP contribution in [0.25, 0.3) is 5.57 Å². The maximum absolute atomic E-state index is 13.7. The van der Waals surface area contributed by atoms with Gasteiger partial charge in [-0.3, -0.25) is 14.5 Å². The Morgan fingerprint density at radius 2 is 1.50 bits per heavy atom. The Balaban J connectivity index is 2.02. The Morgan fingerprint density at radius 3 is 2.03 bits per heavy atom. The lowest BCUT2D eigenvalue weighted by Crippen LogP contribution is -2.43. The topological polar surface area (TPSA) is 68.3 Å². The highest BCUT2D eigenvalue weighted by atomic mass is 16.5. The van der Waals surface area contributed by atoms with Gasteiger partial charge in [0.05, 0.1) is 25.4 Å². The minimum Gasteiger partial charge on any atom is -0.494 e. The third kappa shape index (κ3) is 5.51. The lowest BCUT2D eigenvalue weighted by atomic mass is 10.0. The molecule has 7 heteroatoms. The smallest absolute Gasteiger partial charge is 0.278 e. The first kappa shape index (κ1) is 24.3.